The molecule has 1 aromatic rings. The predicted molar refractivity (Wildman–Crippen MR) is 64.1 cm³/mol. The minimum atomic E-state index is 0.217. The number of allylic oxidation sites excluding steroid dienone is 2. The average Bonchev–Trinajstić information content (AvgIpc) is 2.65. The Morgan fingerprint density at radius 3 is 3.06 bits per heavy atom. The Labute approximate surface area is 96.3 Å². The Morgan fingerprint density at radius 2 is 2.31 bits per heavy atom. The summed E-state index contributed by atoms with van der Waals surface area (Å²) < 4.78 is 5.45. The van der Waals surface area contributed by atoms with Crippen molar-refractivity contribution in [2.24, 2.45) is 5.92 Å². The summed E-state index contributed by atoms with van der Waals surface area (Å²) in [5.41, 5.74) is 2.33. The highest BCUT2D eigenvalue weighted by Crippen LogP contribution is 2.31. The van der Waals surface area contributed by atoms with Crippen LogP contribution in [0.25, 0.3) is 5.57 Å². The molecule has 0 N–H and O–H groups in total. The van der Waals surface area contributed by atoms with Crippen molar-refractivity contribution in [3.63, 3.8) is 0 Å². The summed E-state index contributed by atoms with van der Waals surface area (Å²) >= 11 is 0. The monoisotopic (exact) mass is 218 g/mol. The van der Waals surface area contributed by atoms with Gasteiger partial charge >= 0.3 is 0 Å². The normalized spacial score (nSPS) is 17.8. The van der Waals surface area contributed by atoms with Crippen LogP contribution in [0.3, 0.4) is 0 Å². The molecule has 0 unspecified atom stereocenters. The van der Waals surface area contributed by atoms with Crippen molar-refractivity contribution in [2.75, 3.05) is 0 Å². The molecular weight excluding hydrogens is 200 g/mol. The summed E-state index contributed by atoms with van der Waals surface area (Å²) in [6, 6.07) is 2.01. The second-order valence-corrected chi connectivity index (χ2v) is 4.86. The maximum atomic E-state index is 11.7. The average molecular weight is 218 g/mol. The molecule has 86 valence electrons. The molecule has 0 aliphatic heterocycles. The highest BCUT2D eigenvalue weighted by molar-refractivity contribution is 5.96. The topological polar surface area (TPSA) is 30.2 Å². The Hall–Kier alpha value is -1.31. The maximum absolute atomic E-state index is 11.7. The molecule has 1 aliphatic carbocycles. The highest BCUT2D eigenvalue weighted by atomic mass is 16.3. The van der Waals surface area contributed by atoms with Gasteiger partial charge in [0.25, 0.3) is 0 Å². The third-order valence-corrected chi connectivity index (χ3v) is 2.88. The summed E-state index contributed by atoms with van der Waals surface area (Å²) in [4.78, 5) is 11.7. The zero-order valence-corrected chi connectivity index (χ0v) is 9.95. The standard InChI is InChI=1S/C14H18O2/c1-10(2)8-13(15)9-12-5-3-4-11-6-7-16-14(11)12/h6-7,9-10H,3-5,8H2,1-2H3/b12-9+. The van der Waals surface area contributed by atoms with Crippen molar-refractivity contribution < 1.29 is 9.21 Å². The van der Waals surface area contributed by atoms with E-state index in [0.717, 1.165) is 30.6 Å². The van der Waals surface area contributed by atoms with Gasteiger partial charge in [0.2, 0.25) is 0 Å². The third-order valence-electron chi connectivity index (χ3n) is 2.88. The van der Waals surface area contributed by atoms with Crippen LogP contribution in [0.4, 0.5) is 0 Å². The molecule has 1 heterocycles. The number of hydrogen-bond donors (Lipinski definition) is 0. The molecule has 2 heteroatoms. The van der Waals surface area contributed by atoms with E-state index in [1.807, 2.05) is 6.07 Å². The first-order valence-corrected chi connectivity index (χ1v) is 5.97. The van der Waals surface area contributed by atoms with Crippen molar-refractivity contribution >= 4 is 11.4 Å². The molecule has 2 nitrogen and oxygen atoms in total. The molecule has 0 atom stereocenters. The van der Waals surface area contributed by atoms with Crippen molar-refractivity contribution in [3.05, 3.63) is 29.7 Å². The molecule has 0 fully saturated rings. The first-order chi connectivity index (χ1) is 7.66. The lowest BCUT2D eigenvalue weighted by atomic mass is 9.92. The highest BCUT2D eigenvalue weighted by Gasteiger charge is 2.18. The van der Waals surface area contributed by atoms with Gasteiger partial charge in [-0.25, -0.2) is 0 Å². The number of carbonyl (C=O) groups is 1. The third kappa shape index (κ3) is 2.43. The van der Waals surface area contributed by atoms with E-state index < -0.39 is 0 Å². The number of rotatable bonds is 3. The first-order valence-electron chi connectivity index (χ1n) is 5.97. The van der Waals surface area contributed by atoms with Crippen LogP contribution >= 0.6 is 0 Å². The van der Waals surface area contributed by atoms with Crippen LogP contribution < -0.4 is 0 Å². The van der Waals surface area contributed by atoms with Gasteiger partial charge in [0.15, 0.2) is 5.78 Å². The van der Waals surface area contributed by atoms with E-state index in [1.165, 1.54) is 5.56 Å². The Bertz CT molecular complexity index is 410. The Morgan fingerprint density at radius 1 is 1.50 bits per heavy atom. The molecule has 16 heavy (non-hydrogen) atoms. The fourth-order valence-corrected chi connectivity index (χ4v) is 2.19. The van der Waals surface area contributed by atoms with E-state index in [0.29, 0.717) is 12.3 Å². The molecule has 0 amide bonds. The second-order valence-electron chi connectivity index (χ2n) is 4.86. The van der Waals surface area contributed by atoms with Gasteiger partial charge in [-0.1, -0.05) is 13.8 Å². The fraction of sp³-hybridized carbons (Fsp3) is 0.500. The molecule has 1 aromatic heterocycles. The largest absolute Gasteiger partial charge is 0.464 e. The van der Waals surface area contributed by atoms with E-state index in [-0.39, 0.29) is 5.78 Å². The summed E-state index contributed by atoms with van der Waals surface area (Å²) in [6.45, 7) is 4.13. The van der Waals surface area contributed by atoms with E-state index in [2.05, 4.69) is 13.8 Å². The van der Waals surface area contributed by atoms with Gasteiger partial charge in [0, 0.05) is 6.42 Å². The lowest BCUT2D eigenvalue weighted by molar-refractivity contribution is -0.115. The molecule has 0 aromatic carbocycles. The van der Waals surface area contributed by atoms with E-state index in [1.54, 1.807) is 12.3 Å². The summed E-state index contributed by atoms with van der Waals surface area (Å²) in [7, 11) is 0. The quantitative estimate of drug-likeness (QED) is 0.725. The molecule has 1 aliphatic rings. The molecule has 0 spiro atoms. The molecule has 0 saturated heterocycles. The molecule has 2 rings (SSSR count). The lowest BCUT2D eigenvalue weighted by Gasteiger charge is -2.13. The molecule has 0 bridgehead atoms. The summed E-state index contributed by atoms with van der Waals surface area (Å²) in [6.07, 6.45) is 7.27. The van der Waals surface area contributed by atoms with Crippen molar-refractivity contribution in [2.45, 2.75) is 39.5 Å². The minimum Gasteiger partial charge on any atom is -0.464 e. The SMILES string of the molecule is CC(C)CC(=O)/C=C1\CCCc2ccoc21. The summed E-state index contributed by atoms with van der Waals surface area (Å²) in [5.74, 6) is 1.57. The Kier molecular flexibility index (Phi) is 3.28. The van der Waals surface area contributed by atoms with Gasteiger partial charge in [-0.3, -0.25) is 4.79 Å². The molecular formula is C14H18O2. The first kappa shape index (κ1) is 11.2. The van der Waals surface area contributed by atoms with Gasteiger partial charge in [-0.15, -0.1) is 0 Å². The Balaban J connectivity index is 2.17. The maximum Gasteiger partial charge on any atom is 0.156 e. The molecule has 0 radical (unpaired) electrons. The minimum absolute atomic E-state index is 0.217. The van der Waals surface area contributed by atoms with Gasteiger partial charge in [0.05, 0.1) is 6.26 Å². The number of carbonyl (C=O) groups excluding carboxylic acids is 1. The van der Waals surface area contributed by atoms with Gasteiger partial charge < -0.3 is 4.42 Å². The zero-order valence-electron chi connectivity index (χ0n) is 9.95. The number of fused-ring (bicyclic) bond motifs is 1. The predicted octanol–water partition coefficient (Wildman–Crippen LogP) is 3.61. The van der Waals surface area contributed by atoms with Gasteiger partial charge in [-0.2, -0.15) is 0 Å². The number of hydrogen-bond acceptors (Lipinski definition) is 2. The van der Waals surface area contributed by atoms with Crippen molar-refractivity contribution in [1.82, 2.24) is 0 Å². The molecule has 0 saturated carbocycles. The van der Waals surface area contributed by atoms with E-state index in [9.17, 15) is 4.79 Å². The second kappa shape index (κ2) is 4.69. The van der Waals surface area contributed by atoms with Crippen LogP contribution in [0, 0.1) is 5.92 Å². The zero-order chi connectivity index (χ0) is 11.5. The van der Waals surface area contributed by atoms with Gasteiger partial charge in [0.1, 0.15) is 5.76 Å². The van der Waals surface area contributed by atoms with Crippen LogP contribution in [0.15, 0.2) is 22.8 Å². The van der Waals surface area contributed by atoms with E-state index >= 15 is 0 Å². The van der Waals surface area contributed by atoms with Crippen LogP contribution in [0.1, 0.15) is 44.4 Å². The van der Waals surface area contributed by atoms with Crippen LogP contribution in [-0.2, 0) is 11.2 Å². The number of aryl methyl sites for hydroxylation is 1. The smallest absolute Gasteiger partial charge is 0.156 e. The van der Waals surface area contributed by atoms with Crippen LogP contribution in [0.2, 0.25) is 0 Å². The summed E-state index contributed by atoms with van der Waals surface area (Å²) in [5, 5.41) is 0. The lowest BCUT2D eigenvalue weighted by Crippen LogP contribution is -2.03. The number of furan rings is 1. The van der Waals surface area contributed by atoms with Crippen molar-refractivity contribution in [1.29, 1.82) is 0 Å². The number of ketones is 1. The van der Waals surface area contributed by atoms with Crippen LogP contribution in [-0.4, -0.2) is 5.78 Å². The van der Waals surface area contributed by atoms with Crippen LogP contribution in [0.5, 0.6) is 0 Å². The van der Waals surface area contributed by atoms with Gasteiger partial charge in [-0.05, 0) is 48.5 Å². The van der Waals surface area contributed by atoms with E-state index in [4.69, 9.17) is 4.42 Å². The van der Waals surface area contributed by atoms with Crippen molar-refractivity contribution in [3.8, 4) is 0 Å². The fourth-order valence-electron chi connectivity index (χ4n) is 2.19.